The normalized spacial score (nSPS) is 27.3. The predicted molar refractivity (Wildman–Crippen MR) is 95.5 cm³/mol. The van der Waals surface area contributed by atoms with E-state index in [4.69, 9.17) is 4.74 Å². The minimum absolute atomic E-state index is 0.0751. The predicted octanol–water partition coefficient (Wildman–Crippen LogP) is 4.77. The fourth-order valence-corrected chi connectivity index (χ4v) is 3.64. The molecule has 1 aliphatic rings. The van der Waals surface area contributed by atoms with Crippen molar-refractivity contribution in [2.24, 2.45) is 11.8 Å². The molecular weight excluding hydrogens is 302 g/mol. The van der Waals surface area contributed by atoms with Crippen LogP contribution in [-0.2, 0) is 4.74 Å². The van der Waals surface area contributed by atoms with E-state index < -0.39 is 12.1 Å². The van der Waals surface area contributed by atoms with Crippen LogP contribution in [0, 0.1) is 22.0 Å². The number of hydrogen-bond acceptors (Lipinski definition) is 3. The van der Waals surface area contributed by atoms with Crippen molar-refractivity contribution in [3.8, 4) is 0 Å². The molecule has 0 aromatic heterocycles. The number of rotatable bonds is 4. The Morgan fingerprint density at radius 2 is 1.96 bits per heavy atom. The summed E-state index contributed by atoms with van der Waals surface area (Å²) in [6.07, 6.45) is 1.77. The van der Waals surface area contributed by atoms with E-state index >= 15 is 0 Å². The van der Waals surface area contributed by atoms with Crippen molar-refractivity contribution < 1.29 is 9.66 Å². The molecule has 0 spiro atoms. The van der Waals surface area contributed by atoms with E-state index in [0.717, 1.165) is 10.9 Å². The van der Waals surface area contributed by atoms with Gasteiger partial charge in [-0.2, -0.15) is 0 Å². The molecule has 126 valence electrons. The summed E-state index contributed by atoms with van der Waals surface area (Å²) >= 11 is 0. The van der Waals surface area contributed by atoms with Gasteiger partial charge in [0.15, 0.2) is 0 Å². The highest BCUT2D eigenvalue weighted by atomic mass is 16.6. The van der Waals surface area contributed by atoms with E-state index in [-0.39, 0.29) is 22.9 Å². The van der Waals surface area contributed by atoms with E-state index in [9.17, 15) is 10.1 Å². The molecule has 0 unspecified atom stereocenters. The summed E-state index contributed by atoms with van der Waals surface area (Å²) in [5, 5.41) is 13.9. The summed E-state index contributed by atoms with van der Waals surface area (Å²) in [6, 6.07) is 13.7. The first-order valence-electron chi connectivity index (χ1n) is 8.41. The Morgan fingerprint density at radius 3 is 2.58 bits per heavy atom. The van der Waals surface area contributed by atoms with Gasteiger partial charge in [0.05, 0.1) is 6.10 Å². The zero-order valence-corrected chi connectivity index (χ0v) is 14.1. The van der Waals surface area contributed by atoms with Crippen LogP contribution >= 0.6 is 0 Å². The molecule has 0 saturated carbocycles. The SMILES string of the molecule is C=C[C@H]1C[C@@H](c2ccc3ccccc3c2)O[C@H](C(C)C)[C@H]1[N+](=O)[O-]. The van der Waals surface area contributed by atoms with Crippen LogP contribution in [0.3, 0.4) is 0 Å². The Labute approximate surface area is 142 Å². The second kappa shape index (κ2) is 6.73. The Balaban J connectivity index is 1.95. The van der Waals surface area contributed by atoms with Gasteiger partial charge in [-0.3, -0.25) is 10.1 Å². The molecule has 2 aromatic carbocycles. The van der Waals surface area contributed by atoms with Crippen LogP contribution in [0.4, 0.5) is 0 Å². The van der Waals surface area contributed by atoms with Gasteiger partial charge < -0.3 is 4.74 Å². The van der Waals surface area contributed by atoms with E-state index in [1.165, 1.54) is 5.39 Å². The molecule has 4 heteroatoms. The van der Waals surface area contributed by atoms with Gasteiger partial charge in [-0.15, -0.1) is 6.58 Å². The van der Waals surface area contributed by atoms with Crippen LogP contribution in [0.2, 0.25) is 0 Å². The number of nitro groups is 1. The standard InChI is InChI=1S/C20H23NO3/c1-4-14-12-18(24-20(13(2)3)19(14)21(22)23)17-10-9-15-7-5-6-8-16(15)11-17/h4-11,13-14,18-20H,1,12H2,2-3H3/t14-,18-,19-,20+/m0/s1. The summed E-state index contributed by atoms with van der Waals surface area (Å²) < 4.78 is 6.20. The zero-order chi connectivity index (χ0) is 17.3. The van der Waals surface area contributed by atoms with Gasteiger partial charge >= 0.3 is 0 Å². The fraction of sp³-hybridized carbons (Fsp3) is 0.400. The lowest BCUT2D eigenvalue weighted by atomic mass is 9.81. The van der Waals surface area contributed by atoms with Gasteiger partial charge in [0.1, 0.15) is 6.10 Å². The molecule has 1 fully saturated rings. The van der Waals surface area contributed by atoms with E-state index in [0.29, 0.717) is 6.42 Å². The zero-order valence-electron chi connectivity index (χ0n) is 14.1. The van der Waals surface area contributed by atoms with Gasteiger partial charge in [-0.05, 0) is 34.7 Å². The Kier molecular flexibility index (Phi) is 4.67. The largest absolute Gasteiger partial charge is 0.363 e. The molecule has 3 rings (SSSR count). The van der Waals surface area contributed by atoms with E-state index in [2.05, 4.69) is 36.9 Å². The minimum atomic E-state index is -0.723. The maximum Gasteiger partial charge on any atom is 0.245 e. The third kappa shape index (κ3) is 3.06. The topological polar surface area (TPSA) is 52.4 Å². The Bertz CT molecular complexity index is 755. The van der Waals surface area contributed by atoms with Gasteiger partial charge in [0.25, 0.3) is 0 Å². The van der Waals surface area contributed by atoms with Crippen LogP contribution in [-0.4, -0.2) is 17.1 Å². The van der Waals surface area contributed by atoms with Crippen LogP contribution in [0.15, 0.2) is 55.1 Å². The molecule has 4 nitrogen and oxygen atoms in total. The summed E-state index contributed by atoms with van der Waals surface area (Å²) in [6.45, 7) is 7.78. The summed E-state index contributed by atoms with van der Waals surface area (Å²) in [5.41, 5.74) is 1.08. The van der Waals surface area contributed by atoms with Gasteiger partial charge in [-0.1, -0.05) is 56.3 Å². The lowest BCUT2D eigenvalue weighted by Gasteiger charge is -2.38. The molecule has 0 bridgehead atoms. The monoisotopic (exact) mass is 325 g/mol. The Morgan fingerprint density at radius 1 is 1.25 bits per heavy atom. The summed E-state index contributed by atoms with van der Waals surface area (Å²) in [5.74, 6) is -0.108. The Hall–Kier alpha value is -2.20. The van der Waals surface area contributed by atoms with Gasteiger partial charge in [0, 0.05) is 10.8 Å². The quantitative estimate of drug-likeness (QED) is 0.462. The van der Waals surface area contributed by atoms with Crippen LogP contribution in [0.1, 0.15) is 31.9 Å². The number of nitrogens with zero attached hydrogens (tertiary/aromatic N) is 1. The highest BCUT2D eigenvalue weighted by Gasteiger charge is 2.46. The fourth-order valence-electron chi connectivity index (χ4n) is 3.64. The second-order valence-electron chi connectivity index (χ2n) is 6.85. The first kappa shape index (κ1) is 16.7. The molecule has 0 N–H and O–H groups in total. The van der Waals surface area contributed by atoms with Crippen LogP contribution in [0.25, 0.3) is 10.8 Å². The van der Waals surface area contributed by atoms with Crippen molar-refractivity contribution >= 4 is 10.8 Å². The molecule has 0 radical (unpaired) electrons. The first-order chi connectivity index (χ1) is 11.5. The molecule has 1 saturated heterocycles. The number of benzene rings is 2. The highest BCUT2D eigenvalue weighted by Crippen LogP contribution is 2.39. The summed E-state index contributed by atoms with van der Waals surface area (Å²) in [7, 11) is 0. The number of fused-ring (bicyclic) bond motifs is 1. The van der Waals surface area contributed by atoms with Crippen molar-refractivity contribution in [2.75, 3.05) is 0 Å². The van der Waals surface area contributed by atoms with Crippen molar-refractivity contribution in [1.82, 2.24) is 0 Å². The maximum absolute atomic E-state index is 11.5. The van der Waals surface area contributed by atoms with Gasteiger partial charge in [-0.25, -0.2) is 0 Å². The lowest BCUT2D eigenvalue weighted by molar-refractivity contribution is -0.552. The van der Waals surface area contributed by atoms with E-state index in [1.807, 2.05) is 26.0 Å². The second-order valence-corrected chi connectivity index (χ2v) is 6.85. The molecule has 4 atom stereocenters. The van der Waals surface area contributed by atoms with Crippen molar-refractivity contribution in [1.29, 1.82) is 0 Å². The molecule has 24 heavy (non-hydrogen) atoms. The third-order valence-electron chi connectivity index (χ3n) is 4.93. The van der Waals surface area contributed by atoms with Crippen molar-refractivity contribution in [2.45, 2.75) is 38.5 Å². The molecule has 1 heterocycles. The molecule has 0 aliphatic carbocycles. The third-order valence-corrected chi connectivity index (χ3v) is 4.93. The minimum Gasteiger partial charge on any atom is -0.363 e. The molecular formula is C20H23NO3. The number of hydrogen-bond donors (Lipinski definition) is 0. The maximum atomic E-state index is 11.5. The average molecular weight is 325 g/mol. The highest BCUT2D eigenvalue weighted by molar-refractivity contribution is 5.83. The van der Waals surface area contributed by atoms with Crippen LogP contribution in [0.5, 0.6) is 0 Å². The van der Waals surface area contributed by atoms with Gasteiger partial charge in [0.2, 0.25) is 6.04 Å². The van der Waals surface area contributed by atoms with Crippen LogP contribution < -0.4 is 0 Å². The first-order valence-corrected chi connectivity index (χ1v) is 8.41. The molecule has 1 aliphatic heterocycles. The molecule has 2 aromatic rings. The number of ether oxygens (including phenoxy) is 1. The average Bonchev–Trinajstić information content (AvgIpc) is 2.59. The lowest BCUT2D eigenvalue weighted by Crippen LogP contribution is -2.48. The summed E-state index contributed by atoms with van der Waals surface area (Å²) in [4.78, 5) is 11.3. The molecule has 0 amide bonds. The smallest absolute Gasteiger partial charge is 0.245 e. The van der Waals surface area contributed by atoms with E-state index in [1.54, 1.807) is 6.08 Å². The van der Waals surface area contributed by atoms with Crippen molar-refractivity contribution in [3.63, 3.8) is 0 Å². The van der Waals surface area contributed by atoms with Crippen molar-refractivity contribution in [3.05, 3.63) is 70.8 Å².